The lowest BCUT2D eigenvalue weighted by atomic mass is 9.68. The number of rotatable bonds is 0. The normalized spacial score (nSPS) is 16.8. The van der Waals surface area contributed by atoms with E-state index in [0.717, 1.165) is 0 Å². The summed E-state index contributed by atoms with van der Waals surface area (Å²) in [5.41, 5.74) is 0.192. The molecule has 0 aliphatic carbocycles. The second-order valence-electron chi connectivity index (χ2n) is 8.35. The predicted octanol–water partition coefficient (Wildman–Crippen LogP) is 3.75. The minimum atomic E-state index is 0.0374. The third kappa shape index (κ3) is 4.23. The molecule has 0 spiro atoms. The van der Waals surface area contributed by atoms with E-state index in [1.54, 1.807) is 0 Å². The largest absolute Gasteiger partial charge is 0.465 e. The van der Waals surface area contributed by atoms with Crippen molar-refractivity contribution in [1.29, 1.82) is 0 Å². The van der Waals surface area contributed by atoms with E-state index in [1.807, 2.05) is 0 Å². The van der Waals surface area contributed by atoms with Gasteiger partial charge in [-0.3, -0.25) is 0 Å². The summed E-state index contributed by atoms with van der Waals surface area (Å²) in [5.74, 6) is 6.87. The highest BCUT2D eigenvalue weighted by atomic mass is 15.3. The molecule has 0 unspecified atom stereocenters. The topological polar surface area (TPSA) is 6.48 Å². The van der Waals surface area contributed by atoms with Gasteiger partial charge < -0.3 is 9.62 Å². The van der Waals surface area contributed by atoms with Crippen molar-refractivity contribution < 1.29 is 0 Å². The Balaban J connectivity index is 3.12. The molecule has 3 heteroatoms. The van der Waals surface area contributed by atoms with Crippen LogP contribution in [0.5, 0.6) is 0 Å². The molecule has 0 aromatic carbocycles. The molecule has 0 aromatic heterocycles. The third-order valence-corrected chi connectivity index (χ3v) is 3.04. The summed E-state index contributed by atoms with van der Waals surface area (Å²) >= 11 is 0. The van der Waals surface area contributed by atoms with Crippen molar-refractivity contribution >= 4 is 6.98 Å². The molecule has 0 atom stereocenters. The molecule has 1 aliphatic heterocycles. The first kappa shape index (κ1) is 16.0. The Labute approximate surface area is 120 Å². The van der Waals surface area contributed by atoms with Gasteiger partial charge in [0.1, 0.15) is 0 Å². The average Bonchev–Trinajstić information content (AvgIpc) is 2.54. The monoisotopic (exact) mass is 260 g/mol. The van der Waals surface area contributed by atoms with Crippen molar-refractivity contribution in [3.05, 3.63) is 12.4 Å². The molecule has 2 nitrogen and oxygen atoms in total. The summed E-state index contributed by atoms with van der Waals surface area (Å²) < 4.78 is 0. The Morgan fingerprint density at radius 3 is 1.37 bits per heavy atom. The molecule has 0 amide bonds. The Morgan fingerprint density at radius 2 is 1.11 bits per heavy atom. The van der Waals surface area contributed by atoms with Crippen LogP contribution in [0.4, 0.5) is 0 Å². The van der Waals surface area contributed by atoms with Crippen molar-refractivity contribution in [3.8, 4) is 11.7 Å². The van der Waals surface area contributed by atoms with Gasteiger partial charge in [0.05, 0.1) is 0 Å². The summed E-state index contributed by atoms with van der Waals surface area (Å²) in [6, 6.07) is 0. The quantitative estimate of drug-likeness (QED) is 0.483. The van der Waals surface area contributed by atoms with Crippen LogP contribution >= 0.6 is 0 Å². The van der Waals surface area contributed by atoms with E-state index in [4.69, 9.17) is 0 Å². The van der Waals surface area contributed by atoms with Gasteiger partial charge in [-0.1, -0.05) is 5.82 Å². The molecule has 0 saturated heterocycles. The van der Waals surface area contributed by atoms with Crippen LogP contribution < -0.4 is 0 Å². The second-order valence-corrected chi connectivity index (χ2v) is 8.35. The van der Waals surface area contributed by atoms with Gasteiger partial charge in [0, 0.05) is 28.9 Å². The van der Waals surface area contributed by atoms with E-state index < -0.39 is 0 Å². The lowest BCUT2D eigenvalue weighted by Gasteiger charge is -2.40. The molecular formula is C16H29BN2. The van der Waals surface area contributed by atoms with Gasteiger partial charge in [-0.25, -0.2) is 0 Å². The summed E-state index contributed by atoms with van der Waals surface area (Å²) in [6.07, 6.45) is 4.35. The molecule has 0 fully saturated rings. The summed E-state index contributed by atoms with van der Waals surface area (Å²) in [4.78, 5) is 4.69. The van der Waals surface area contributed by atoms with Crippen molar-refractivity contribution in [2.75, 3.05) is 0 Å². The maximum absolute atomic E-state index is 3.47. The van der Waals surface area contributed by atoms with Gasteiger partial charge in [0.25, 0.3) is 0 Å². The molecule has 106 valence electrons. The number of hydrogen-bond donors (Lipinski definition) is 0. The van der Waals surface area contributed by atoms with Crippen LogP contribution in [0.2, 0.25) is 0 Å². The Bertz CT molecular complexity index is 383. The number of hydrogen-bond acceptors (Lipinski definition) is 2. The van der Waals surface area contributed by atoms with Gasteiger partial charge in [0.15, 0.2) is 0 Å². The average molecular weight is 260 g/mol. The summed E-state index contributed by atoms with van der Waals surface area (Å²) in [7, 11) is 0. The highest BCUT2D eigenvalue weighted by molar-refractivity contribution is 6.63. The molecule has 1 rings (SSSR count). The SMILES string of the molecule is CC(C)(C)C#CB1N(C(C)(C)C)C=CN1C(C)(C)C. The van der Waals surface area contributed by atoms with Gasteiger partial charge in [0.2, 0.25) is 0 Å². The van der Waals surface area contributed by atoms with E-state index in [2.05, 4.69) is 96.1 Å². The van der Waals surface area contributed by atoms with Gasteiger partial charge >= 0.3 is 6.98 Å². The summed E-state index contributed by atoms with van der Waals surface area (Å²) in [6.45, 7) is 20.0. The maximum Gasteiger partial charge on any atom is 0.465 e. The van der Waals surface area contributed by atoms with Crippen LogP contribution in [0.15, 0.2) is 12.4 Å². The first-order valence-electron chi connectivity index (χ1n) is 7.10. The standard InChI is InChI=1S/C16H29BN2/c1-14(2,3)10-11-17-18(15(4,5)6)12-13-19(17)16(7,8)9/h12-13H,1-9H3. The first-order valence-corrected chi connectivity index (χ1v) is 7.10. The molecule has 0 radical (unpaired) electrons. The molecule has 0 bridgehead atoms. The van der Waals surface area contributed by atoms with Crippen LogP contribution in [0.25, 0.3) is 0 Å². The lowest BCUT2D eigenvalue weighted by Crippen LogP contribution is -2.56. The fourth-order valence-electron chi connectivity index (χ4n) is 2.04. The van der Waals surface area contributed by atoms with Crippen molar-refractivity contribution in [1.82, 2.24) is 9.62 Å². The Hall–Kier alpha value is -1.04. The molecular weight excluding hydrogens is 231 g/mol. The molecule has 0 aromatic rings. The Morgan fingerprint density at radius 1 is 0.737 bits per heavy atom. The first-order chi connectivity index (χ1) is 8.32. The summed E-state index contributed by atoms with van der Waals surface area (Å²) in [5, 5.41) is 0. The third-order valence-electron chi connectivity index (χ3n) is 3.04. The second kappa shape index (κ2) is 4.82. The van der Waals surface area contributed by atoms with Crippen LogP contribution in [0, 0.1) is 17.2 Å². The van der Waals surface area contributed by atoms with Crippen LogP contribution in [-0.4, -0.2) is 27.7 Å². The highest BCUT2D eigenvalue weighted by Gasteiger charge is 2.41. The van der Waals surface area contributed by atoms with E-state index in [1.165, 1.54) is 0 Å². The molecule has 19 heavy (non-hydrogen) atoms. The van der Waals surface area contributed by atoms with Gasteiger partial charge in [-0.2, -0.15) is 0 Å². The predicted molar refractivity (Wildman–Crippen MR) is 85.3 cm³/mol. The van der Waals surface area contributed by atoms with Crippen molar-refractivity contribution in [3.63, 3.8) is 0 Å². The maximum atomic E-state index is 3.47. The Kier molecular flexibility index (Phi) is 4.06. The van der Waals surface area contributed by atoms with Crippen LogP contribution in [0.1, 0.15) is 62.3 Å². The molecule has 0 N–H and O–H groups in total. The van der Waals surface area contributed by atoms with E-state index in [-0.39, 0.29) is 23.5 Å². The molecule has 1 aliphatic rings. The minimum Gasteiger partial charge on any atom is -0.385 e. The highest BCUT2D eigenvalue weighted by Crippen LogP contribution is 2.28. The molecule has 1 heterocycles. The zero-order chi connectivity index (χ0) is 15.1. The van der Waals surface area contributed by atoms with E-state index in [9.17, 15) is 0 Å². The number of nitrogens with zero attached hydrogens (tertiary/aromatic N) is 2. The van der Waals surface area contributed by atoms with Crippen molar-refractivity contribution in [2.24, 2.45) is 5.41 Å². The fraction of sp³-hybridized carbons (Fsp3) is 0.750. The van der Waals surface area contributed by atoms with E-state index in [0.29, 0.717) is 0 Å². The molecule has 0 saturated carbocycles. The minimum absolute atomic E-state index is 0.0374. The van der Waals surface area contributed by atoms with Crippen molar-refractivity contribution in [2.45, 2.75) is 73.4 Å². The zero-order valence-corrected chi connectivity index (χ0v) is 14.1. The van der Waals surface area contributed by atoms with Crippen LogP contribution in [0.3, 0.4) is 0 Å². The fourth-order valence-corrected chi connectivity index (χ4v) is 2.04. The van der Waals surface area contributed by atoms with Gasteiger partial charge in [-0.15, -0.1) is 5.92 Å². The van der Waals surface area contributed by atoms with E-state index >= 15 is 0 Å². The van der Waals surface area contributed by atoms with Crippen LogP contribution in [-0.2, 0) is 0 Å². The zero-order valence-electron chi connectivity index (χ0n) is 14.1. The lowest BCUT2D eigenvalue weighted by molar-refractivity contribution is 0.287. The van der Waals surface area contributed by atoms with Gasteiger partial charge in [-0.05, 0) is 62.3 Å². The smallest absolute Gasteiger partial charge is 0.385 e.